The van der Waals surface area contributed by atoms with Crippen molar-refractivity contribution in [2.45, 2.75) is 373 Å². The van der Waals surface area contributed by atoms with Crippen LogP contribution in [-0.4, -0.2) is 47.4 Å². The molecule has 0 aliphatic rings. The average Bonchev–Trinajstić information content (AvgIpc) is 1.91. The van der Waals surface area contributed by atoms with Crippen LogP contribution in [0.3, 0.4) is 0 Å². The predicted molar refractivity (Wildman–Crippen MR) is 324 cm³/mol. The fourth-order valence-electron chi connectivity index (χ4n) is 9.85. The zero-order valence-electron chi connectivity index (χ0n) is 57.7. The lowest BCUT2D eigenvalue weighted by atomic mass is 10.0. The number of allylic oxidation sites excluding steroid dienone is 5. The maximum atomic E-state index is 12.5. The zero-order valence-corrected chi connectivity index (χ0v) is 48.7. The summed E-state index contributed by atoms with van der Waals surface area (Å²) in [7, 11) is 0. The standard InChI is InChI=1S/C68H129NO5/c1-3-5-7-9-11-13-15-17-33-38-42-46-50-54-58-62-68(73)74-63-59-55-51-47-43-39-35-32-30-28-26-24-22-20-18-19-21-23-25-27-29-31-34-37-41-45-49-53-57-61-67(72)69-65(64-70)66(71)60-56-52-48-44-40-36-16-14-12-10-8-6-4-2/h11,13,17,33,56,60,65-66,70-71H,3-10,12,14-16,18-32,34-55,57-59,61-64H2,1-2H3,(H,69,72)/b13-11+,33-17+,60-56+/t65-,66+/m0/s1/i2D3,4D2,6D2,8D2. The first kappa shape index (κ1) is 56.8. The van der Waals surface area contributed by atoms with Gasteiger partial charge in [-0.2, -0.15) is 0 Å². The van der Waals surface area contributed by atoms with Gasteiger partial charge in [0, 0.05) is 25.2 Å². The van der Waals surface area contributed by atoms with Crippen molar-refractivity contribution in [1.29, 1.82) is 0 Å². The number of aliphatic hydroxyl groups excluding tert-OH is 2. The molecule has 0 saturated carbocycles. The van der Waals surface area contributed by atoms with Gasteiger partial charge in [0.1, 0.15) is 0 Å². The first-order valence-corrected chi connectivity index (χ1v) is 32.1. The molecule has 0 radical (unpaired) electrons. The van der Waals surface area contributed by atoms with Crippen LogP contribution in [0.1, 0.15) is 373 Å². The van der Waals surface area contributed by atoms with Crippen LogP contribution < -0.4 is 5.32 Å². The van der Waals surface area contributed by atoms with Crippen molar-refractivity contribution < 1.29 is 36.9 Å². The number of esters is 1. The Kier molecular flexibility index (Phi) is 48.8. The molecule has 0 rings (SSSR count). The fourth-order valence-corrected chi connectivity index (χ4v) is 9.85. The van der Waals surface area contributed by atoms with E-state index in [0.717, 1.165) is 83.5 Å². The van der Waals surface area contributed by atoms with Gasteiger partial charge in [-0.15, -0.1) is 0 Å². The van der Waals surface area contributed by atoms with E-state index in [2.05, 4.69) is 36.5 Å². The summed E-state index contributed by atoms with van der Waals surface area (Å²) in [6.07, 6.45) is 60.6. The molecule has 0 unspecified atom stereocenters. The molecule has 0 spiro atoms. The molecule has 6 nitrogen and oxygen atoms in total. The topological polar surface area (TPSA) is 95.9 Å². The number of rotatable bonds is 62. The van der Waals surface area contributed by atoms with Gasteiger partial charge in [0.25, 0.3) is 0 Å². The second-order valence-electron chi connectivity index (χ2n) is 21.9. The highest BCUT2D eigenvalue weighted by atomic mass is 16.5. The van der Waals surface area contributed by atoms with E-state index in [0.29, 0.717) is 32.3 Å². The monoisotopic (exact) mass is 1050 g/mol. The lowest BCUT2D eigenvalue weighted by molar-refractivity contribution is -0.143. The molecule has 0 heterocycles. The minimum absolute atomic E-state index is 0.00550. The molecule has 0 saturated heterocycles. The maximum absolute atomic E-state index is 12.5. The number of aliphatic hydroxyl groups is 2. The second-order valence-corrected chi connectivity index (χ2v) is 21.9. The summed E-state index contributed by atoms with van der Waals surface area (Å²) < 4.78 is 74.9. The lowest BCUT2D eigenvalue weighted by Crippen LogP contribution is -2.45. The molecule has 3 N–H and O–H groups in total. The van der Waals surface area contributed by atoms with Crippen LogP contribution in [0.5, 0.6) is 0 Å². The summed E-state index contributed by atoms with van der Waals surface area (Å²) in [6, 6.07) is -0.739. The second kappa shape index (κ2) is 63.6. The molecule has 2 atom stereocenters. The lowest BCUT2D eigenvalue weighted by Gasteiger charge is -2.20. The van der Waals surface area contributed by atoms with Gasteiger partial charge in [-0.25, -0.2) is 0 Å². The van der Waals surface area contributed by atoms with E-state index in [1.165, 1.54) is 212 Å². The number of carbonyl (C=O) groups is 2. The molecular weight excluding hydrogens is 911 g/mol. The molecular formula is C68H129NO5. The number of ether oxygens (including phenoxy) is 1. The molecule has 0 fully saturated rings. The highest BCUT2D eigenvalue weighted by Crippen LogP contribution is 2.18. The Balaban J connectivity index is 3.49. The molecule has 0 aromatic rings. The van der Waals surface area contributed by atoms with Gasteiger partial charge in [0.15, 0.2) is 0 Å². The van der Waals surface area contributed by atoms with Crippen molar-refractivity contribution in [3.8, 4) is 0 Å². The van der Waals surface area contributed by atoms with Gasteiger partial charge < -0.3 is 20.3 Å². The summed E-state index contributed by atoms with van der Waals surface area (Å²) in [5, 5.41) is 23.1. The normalized spacial score (nSPS) is 15.3. The Morgan fingerprint density at radius 3 is 1.24 bits per heavy atom. The van der Waals surface area contributed by atoms with Crippen LogP contribution in [-0.2, 0) is 14.3 Å². The van der Waals surface area contributed by atoms with Crippen molar-refractivity contribution in [1.82, 2.24) is 5.32 Å². The number of amides is 1. The van der Waals surface area contributed by atoms with Crippen molar-refractivity contribution in [3.63, 3.8) is 0 Å². The smallest absolute Gasteiger partial charge is 0.305 e. The Labute approximate surface area is 474 Å². The van der Waals surface area contributed by atoms with E-state index < -0.39 is 38.1 Å². The fraction of sp³-hybridized carbons (Fsp3) is 0.882. The first-order valence-electron chi connectivity index (χ1n) is 36.6. The molecule has 74 heavy (non-hydrogen) atoms. The van der Waals surface area contributed by atoms with E-state index >= 15 is 0 Å². The third-order valence-electron chi connectivity index (χ3n) is 14.8. The summed E-state index contributed by atoms with van der Waals surface area (Å²) in [5.74, 6) is -0.152. The van der Waals surface area contributed by atoms with Gasteiger partial charge >= 0.3 is 5.97 Å². The van der Waals surface area contributed by atoms with Crippen molar-refractivity contribution in [3.05, 3.63) is 36.5 Å². The van der Waals surface area contributed by atoms with E-state index in [4.69, 9.17) is 17.1 Å². The molecule has 436 valence electrons. The number of carbonyl (C=O) groups excluding carboxylic acids is 2. The summed E-state index contributed by atoms with van der Waals surface area (Å²) >= 11 is 0. The van der Waals surface area contributed by atoms with Crippen LogP contribution in [0, 0.1) is 0 Å². The van der Waals surface area contributed by atoms with Crippen molar-refractivity contribution >= 4 is 11.9 Å². The number of nitrogens with one attached hydrogen (secondary N) is 1. The highest BCUT2D eigenvalue weighted by molar-refractivity contribution is 5.76. The van der Waals surface area contributed by atoms with Crippen LogP contribution in [0.4, 0.5) is 0 Å². The zero-order chi connectivity index (χ0) is 61.4. The largest absolute Gasteiger partial charge is 0.466 e. The van der Waals surface area contributed by atoms with Gasteiger partial charge in [-0.1, -0.05) is 320 Å². The van der Waals surface area contributed by atoms with Crippen LogP contribution in [0.2, 0.25) is 0 Å². The third kappa shape index (κ3) is 59.3. The molecule has 0 bridgehead atoms. The molecule has 0 aromatic carbocycles. The Bertz CT molecular complexity index is 1560. The average molecular weight is 1050 g/mol. The van der Waals surface area contributed by atoms with E-state index in [-0.39, 0.29) is 24.9 Å². The molecule has 6 heteroatoms. The predicted octanol–water partition coefficient (Wildman–Crippen LogP) is 21.1. The summed E-state index contributed by atoms with van der Waals surface area (Å²) in [6.45, 7) is -0.768. The van der Waals surface area contributed by atoms with Gasteiger partial charge in [0.05, 0.1) is 25.4 Å². The number of hydrogen-bond acceptors (Lipinski definition) is 5. The summed E-state index contributed by atoms with van der Waals surface area (Å²) in [5.41, 5.74) is 0. The molecule has 0 aliphatic carbocycles. The SMILES string of the molecule is [2H]C([2H])([2H])C([2H])([2H])C([2H])([2H])C([2H])([2H])CCCCCCCCC/C=C/[C@@H](O)[C@H](CO)NC(=O)CCCCCCCCCCCCCCCCCCCCCCCCCCCCCCCOC(=O)CCCCCCC/C=C/C/C=C/CCCCC. The summed E-state index contributed by atoms with van der Waals surface area (Å²) in [4.78, 5) is 24.6. The molecule has 0 aliphatic heterocycles. The Morgan fingerprint density at radius 2 is 0.824 bits per heavy atom. The highest BCUT2D eigenvalue weighted by Gasteiger charge is 2.18. The number of hydrogen-bond donors (Lipinski definition) is 3. The molecule has 1 amide bonds. The van der Waals surface area contributed by atoms with Crippen LogP contribution in [0.15, 0.2) is 36.5 Å². The first-order chi connectivity index (χ1) is 39.9. The minimum atomic E-state index is -3.31. The van der Waals surface area contributed by atoms with E-state index in [1.54, 1.807) is 6.08 Å². The third-order valence-corrected chi connectivity index (χ3v) is 14.8. The van der Waals surface area contributed by atoms with Crippen molar-refractivity contribution in [2.75, 3.05) is 13.2 Å². The van der Waals surface area contributed by atoms with Crippen molar-refractivity contribution in [2.24, 2.45) is 0 Å². The van der Waals surface area contributed by atoms with Gasteiger partial charge in [0.2, 0.25) is 5.91 Å². The number of unbranched alkanes of at least 4 members (excludes halogenated alkanes) is 43. The van der Waals surface area contributed by atoms with E-state index in [9.17, 15) is 19.8 Å². The minimum Gasteiger partial charge on any atom is -0.466 e. The Hall–Kier alpha value is -1.92. The quantitative estimate of drug-likeness (QED) is 0.0320. The molecule has 0 aromatic heterocycles. The van der Waals surface area contributed by atoms with Gasteiger partial charge in [-0.3, -0.25) is 9.59 Å². The Morgan fingerprint density at radius 1 is 0.459 bits per heavy atom. The van der Waals surface area contributed by atoms with E-state index in [1.807, 2.05) is 6.08 Å². The maximum Gasteiger partial charge on any atom is 0.305 e. The van der Waals surface area contributed by atoms with Crippen LogP contribution >= 0.6 is 0 Å². The van der Waals surface area contributed by atoms with Gasteiger partial charge in [-0.05, 0) is 64.2 Å². The van der Waals surface area contributed by atoms with Crippen LogP contribution in [0.25, 0.3) is 0 Å².